The Labute approximate surface area is 183 Å². The molecule has 4 rings (SSSR count). The lowest BCUT2D eigenvalue weighted by Crippen LogP contribution is -2.43. The number of amides is 2. The van der Waals surface area contributed by atoms with Crippen LogP contribution in [0.25, 0.3) is 17.3 Å². The number of hydrogen-bond donors (Lipinski definition) is 1. The first-order valence-corrected chi connectivity index (χ1v) is 10.6. The molecule has 31 heavy (non-hydrogen) atoms. The van der Waals surface area contributed by atoms with E-state index < -0.39 is 0 Å². The van der Waals surface area contributed by atoms with Crippen LogP contribution in [-0.2, 0) is 14.3 Å². The van der Waals surface area contributed by atoms with Crippen molar-refractivity contribution in [2.24, 2.45) is 0 Å². The third kappa shape index (κ3) is 5.59. The molecule has 0 spiro atoms. The van der Waals surface area contributed by atoms with Gasteiger partial charge >= 0.3 is 0 Å². The van der Waals surface area contributed by atoms with Crippen LogP contribution >= 0.6 is 11.3 Å². The van der Waals surface area contributed by atoms with Gasteiger partial charge < -0.3 is 18.8 Å². The van der Waals surface area contributed by atoms with Crippen molar-refractivity contribution >= 4 is 34.4 Å². The van der Waals surface area contributed by atoms with Crippen LogP contribution < -0.4 is 10.1 Å². The summed E-state index contributed by atoms with van der Waals surface area (Å²) >= 11 is 1.31. The van der Waals surface area contributed by atoms with Crippen molar-refractivity contribution < 1.29 is 23.5 Å². The van der Waals surface area contributed by atoms with Crippen LogP contribution in [0.2, 0.25) is 0 Å². The molecule has 0 atom stereocenters. The van der Waals surface area contributed by atoms with Gasteiger partial charge in [0.1, 0.15) is 11.5 Å². The number of benzene rings is 1. The molecule has 8 nitrogen and oxygen atoms in total. The number of nitrogens with zero attached hydrogens (tertiary/aromatic N) is 2. The van der Waals surface area contributed by atoms with Crippen LogP contribution in [0, 0.1) is 0 Å². The third-order valence-electron chi connectivity index (χ3n) is 4.55. The number of nitrogens with one attached hydrogen (secondary N) is 1. The van der Waals surface area contributed by atoms with Crippen LogP contribution in [0.4, 0.5) is 5.13 Å². The lowest BCUT2D eigenvalue weighted by molar-refractivity contribution is -0.137. The molecule has 0 saturated carbocycles. The molecule has 3 aromatic rings. The minimum Gasteiger partial charge on any atom is -0.483 e. The number of hydrogen-bond acceptors (Lipinski definition) is 7. The SMILES string of the molecule is O=C(/C=C/c1ccco1)Nc1nc(-c2ccccc2OCC(=O)N2CCOCC2)cs1. The van der Waals surface area contributed by atoms with Gasteiger partial charge in [-0.25, -0.2) is 4.98 Å². The van der Waals surface area contributed by atoms with E-state index in [9.17, 15) is 9.59 Å². The summed E-state index contributed by atoms with van der Waals surface area (Å²) in [4.78, 5) is 30.7. The average molecular weight is 439 g/mol. The molecule has 1 saturated heterocycles. The summed E-state index contributed by atoms with van der Waals surface area (Å²) in [5, 5.41) is 5.03. The van der Waals surface area contributed by atoms with Crippen molar-refractivity contribution in [1.82, 2.24) is 9.88 Å². The van der Waals surface area contributed by atoms with E-state index in [0.717, 1.165) is 5.56 Å². The fourth-order valence-corrected chi connectivity index (χ4v) is 3.71. The number of carbonyl (C=O) groups excluding carboxylic acids is 2. The highest BCUT2D eigenvalue weighted by atomic mass is 32.1. The van der Waals surface area contributed by atoms with Gasteiger partial charge in [0.25, 0.3) is 5.91 Å². The van der Waals surface area contributed by atoms with Gasteiger partial charge in [-0.15, -0.1) is 11.3 Å². The van der Waals surface area contributed by atoms with Gasteiger partial charge in [0.15, 0.2) is 11.7 Å². The maximum Gasteiger partial charge on any atom is 0.260 e. The first-order valence-electron chi connectivity index (χ1n) is 9.75. The second-order valence-electron chi connectivity index (χ2n) is 6.65. The predicted octanol–water partition coefficient (Wildman–Crippen LogP) is 3.29. The quantitative estimate of drug-likeness (QED) is 0.568. The summed E-state index contributed by atoms with van der Waals surface area (Å²) in [6.07, 6.45) is 4.51. The lowest BCUT2D eigenvalue weighted by atomic mass is 10.1. The third-order valence-corrected chi connectivity index (χ3v) is 5.31. The molecule has 1 aliphatic heterocycles. The first kappa shape index (κ1) is 20.8. The van der Waals surface area contributed by atoms with Crippen molar-refractivity contribution in [1.29, 1.82) is 0 Å². The largest absolute Gasteiger partial charge is 0.483 e. The van der Waals surface area contributed by atoms with Crippen LogP contribution in [-0.4, -0.2) is 54.6 Å². The minimum absolute atomic E-state index is 0.0533. The molecule has 1 aliphatic rings. The number of anilines is 1. The Kier molecular flexibility index (Phi) is 6.75. The number of morpholine rings is 1. The van der Waals surface area contributed by atoms with Crippen LogP contribution in [0.3, 0.4) is 0 Å². The standard InChI is InChI=1S/C22H21N3O5S/c26-20(8-7-16-4-3-11-29-16)24-22-23-18(15-31-22)17-5-1-2-6-19(17)30-14-21(27)25-9-12-28-13-10-25/h1-8,11,15H,9-10,12-14H2,(H,23,24,26)/b8-7+. The van der Waals surface area contributed by atoms with Crippen LogP contribution in [0.1, 0.15) is 5.76 Å². The summed E-state index contributed by atoms with van der Waals surface area (Å²) < 4.78 is 16.2. The average Bonchev–Trinajstić information content (AvgIpc) is 3.49. The zero-order valence-corrected chi connectivity index (χ0v) is 17.5. The van der Waals surface area contributed by atoms with E-state index in [1.165, 1.54) is 17.4 Å². The molecule has 2 aromatic heterocycles. The van der Waals surface area contributed by atoms with Gasteiger partial charge in [-0.3, -0.25) is 14.9 Å². The predicted molar refractivity (Wildman–Crippen MR) is 117 cm³/mol. The first-order chi connectivity index (χ1) is 15.2. The maximum atomic E-state index is 12.4. The van der Waals surface area contributed by atoms with Crippen molar-refractivity contribution in [2.75, 3.05) is 38.2 Å². The molecule has 3 heterocycles. The highest BCUT2D eigenvalue weighted by Crippen LogP contribution is 2.32. The zero-order chi connectivity index (χ0) is 21.5. The molecule has 1 fully saturated rings. The Morgan fingerprint density at radius 3 is 2.84 bits per heavy atom. The van der Waals surface area contributed by atoms with Gasteiger partial charge in [-0.1, -0.05) is 12.1 Å². The van der Waals surface area contributed by atoms with E-state index in [2.05, 4.69) is 10.3 Å². The Hall–Kier alpha value is -3.43. The monoisotopic (exact) mass is 439 g/mol. The minimum atomic E-state index is -0.307. The van der Waals surface area contributed by atoms with Crippen LogP contribution in [0.5, 0.6) is 5.75 Å². The molecule has 9 heteroatoms. The molecule has 0 aliphatic carbocycles. The van der Waals surface area contributed by atoms with Crippen molar-refractivity contribution in [3.63, 3.8) is 0 Å². The normalized spacial score (nSPS) is 14.0. The van der Waals surface area contributed by atoms with Gasteiger partial charge in [-0.05, 0) is 30.3 Å². The highest BCUT2D eigenvalue weighted by Gasteiger charge is 2.18. The smallest absolute Gasteiger partial charge is 0.260 e. The second kappa shape index (κ2) is 10.1. The number of thiazole rings is 1. The number of para-hydroxylation sites is 1. The fraction of sp³-hybridized carbons (Fsp3) is 0.227. The molecule has 0 radical (unpaired) electrons. The number of rotatable bonds is 7. The summed E-state index contributed by atoms with van der Waals surface area (Å²) in [7, 11) is 0. The Morgan fingerprint density at radius 2 is 2.03 bits per heavy atom. The van der Waals surface area contributed by atoms with Gasteiger partial charge in [0.05, 0.1) is 25.2 Å². The molecule has 2 amide bonds. The van der Waals surface area contributed by atoms with E-state index in [0.29, 0.717) is 48.6 Å². The molecular formula is C22H21N3O5S. The van der Waals surface area contributed by atoms with Crippen molar-refractivity contribution in [3.8, 4) is 17.0 Å². The van der Waals surface area contributed by atoms with E-state index >= 15 is 0 Å². The number of furan rings is 1. The fourth-order valence-electron chi connectivity index (χ4n) is 2.99. The molecule has 160 valence electrons. The second-order valence-corrected chi connectivity index (χ2v) is 7.51. The molecule has 0 unspecified atom stereocenters. The topological polar surface area (TPSA) is 93.9 Å². The lowest BCUT2D eigenvalue weighted by Gasteiger charge is -2.26. The van der Waals surface area contributed by atoms with Crippen molar-refractivity contribution in [2.45, 2.75) is 0 Å². The van der Waals surface area contributed by atoms with Crippen LogP contribution in [0.15, 0.2) is 58.5 Å². The number of aromatic nitrogens is 1. The molecular weight excluding hydrogens is 418 g/mol. The molecule has 1 aromatic carbocycles. The summed E-state index contributed by atoms with van der Waals surface area (Å²) in [6, 6.07) is 10.9. The van der Waals surface area contributed by atoms with E-state index in [-0.39, 0.29) is 18.4 Å². The number of ether oxygens (including phenoxy) is 2. The summed E-state index contributed by atoms with van der Waals surface area (Å²) in [5.41, 5.74) is 1.41. The Bertz CT molecular complexity index is 1050. The van der Waals surface area contributed by atoms with Gasteiger partial charge in [0.2, 0.25) is 5.91 Å². The van der Waals surface area contributed by atoms with E-state index in [1.807, 2.05) is 23.6 Å². The zero-order valence-electron chi connectivity index (χ0n) is 16.7. The summed E-state index contributed by atoms with van der Waals surface area (Å²) in [6.45, 7) is 2.20. The Morgan fingerprint density at radius 1 is 1.19 bits per heavy atom. The summed E-state index contributed by atoms with van der Waals surface area (Å²) in [5.74, 6) is 0.767. The van der Waals surface area contributed by atoms with E-state index in [4.69, 9.17) is 13.9 Å². The number of carbonyl (C=O) groups is 2. The molecule has 1 N–H and O–H groups in total. The van der Waals surface area contributed by atoms with Gasteiger partial charge in [-0.2, -0.15) is 0 Å². The van der Waals surface area contributed by atoms with Gasteiger partial charge in [0, 0.05) is 30.1 Å². The van der Waals surface area contributed by atoms with E-state index in [1.54, 1.807) is 35.4 Å². The maximum absolute atomic E-state index is 12.4. The Balaban J connectivity index is 1.39. The molecule has 0 bridgehead atoms. The highest BCUT2D eigenvalue weighted by molar-refractivity contribution is 7.14. The van der Waals surface area contributed by atoms with Crippen molar-refractivity contribution in [3.05, 3.63) is 59.9 Å².